The van der Waals surface area contributed by atoms with Crippen molar-refractivity contribution >= 4 is 10.8 Å². The summed E-state index contributed by atoms with van der Waals surface area (Å²) in [6, 6.07) is 2.72. The van der Waals surface area contributed by atoms with Crippen LogP contribution in [-0.2, 0) is 0 Å². The number of aromatic amines is 2. The van der Waals surface area contributed by atoms with Gasteiger partial charge in [-0.1, -0.05) is 0 Å². The van der Waals surface area contributed by atoms with Crippen molar-refractivity contribution in [2.24, 2.45) is 0 Å². The normalized spacial score (nSPS) is 10.5. The number of fused-ring (bicyclic) bond motifs is 1. The average molecular weight is 208 g/mol. The fraction of sp³-hybridized carbons (Fsp3) is 0.111. The molecule has 0 fully saturated rings. The molecule has 1 aromatic carbocycles. The second-order valence-electron chi connectivity index (χ2n) is 2.95. The van der Waals surface area contributed by atoms with Crippen LogP contribution in [0.1, 0.15) is 0 Å². The van der Waals surface area contributed by atoms with Crippen LogP contribution in [0, 0.1) is 0 Å². The van der Waals surface area contributed by atoms with Crippen LogP contribution in [0.3, 0.4) is 0 Å². The van der Waals surface area contributed by atoms with Crippen LogP contribution < -0.4 is 15.9 Å². The maximum Gasteiger partial charge on any atom is 0.274 e. The van der Waals surface area contributed by atoms with Gasteiger partial charge in [-0.05, 0) is 12.1 Å². The van der Waals surface area contributed by atoms with Gasteiger partial charge in [0.05, 0.1) is 17.9 Å². The van der Waals surface area contributed by atoms with Gasteiger partial charge >= 0.3 is 0 Å². The number of hydrogen-bond acceptors (Lipinski definition) is 4. The van der Waals surface area contributed by atoms with Crippen LogP contribution in [0.15, 0.2) is 21.7 Å². The number of phenolic OH excluding ortho intramolecular Hbond substituents is 1. The molecule has 0 aliphatic heterocycles. The minimum atomic E-state index is -0.569. The maximum atomic E-state index is 11.4. The van der Waals surface area contributed by atoms with E-state index in [1.165, 1.54) is 19.2 Å². The Bertz CT molecular complexity index is 626. The van der Waals surface area contributed by atoms with E-state index >= 15 is 0 Å². The lowest BCUT2D eigenvalue weighted by Gasteiger charge is -2.04. The molecule has 3 N–H and O–H groups in total. The predicted molar refractivity (Wildman–Crippen MR) is 53.4 cm³/mol. The van der Waals surface area contributed by atoms with Crippen LogP contribution in [-0.4, -0.2) is 22.4 Å². The van der Waals surface area contributed by atoms with Gasteiger partial charge in [0.1, 0.15) is 11.5 Å². The van der Waals surface area contributed by atoms with Crippen molar-refractivity contribution in [2.45, 2.75) is 0 Å². The van der Waals surface area contributed by atoms with Gasteiger partial charge in [0.15, 0.2) is 0 Å². The third kappa shape index (κ3) is 1.26. The van der Waals surface area contributed by atoms with E-state index in [9.17, 15) is 14.7 Å². The highest BCUT2D eigenvalue weighted by Crippen LogP contribution is 2.26. The molecule has 0 saturated heterocycles. The zero-order valence-corrected chi connectivity index (χ0v) is 7.83. The van der Waals surface area contributed by atoms with E-state index in [0.717, 1.165) is 0 Å². The summed E-state index contributed by atoms with van der Waals surface area (Å²) in [5.41, 5.74) is -1.08. The number of phenols is 1. The standard InChI is InChI=1S/C9H8N2O4/c1-15-5-3-2-4(12)6-7(5)9(14)11-10-8(6)13/h2-3,12H,1H3,(H,10,13)(H,11,14). The SMILES string of the molecule is COc1ccc(O)c2c(=O)[nH][nH]c(=O)c12. The zero-order chi connectivity index (χ0) is 11.0. The van der Waals surface area contributed by atoms with Crippen LogP contribution >= 0.6 is 0 Å². The Morgan fingerprint density at radius 2 is 1.73 bits per heavy atom. The number of aromatic hydroxyl groups is 1. The third-order valence-corrected chi connectivity index (χ3v) is 2.11. The second-order valence-corrected chi connectivity index (χ2v) is 2.95. The summed E-state index contributed by atoms with van der Waals surface area (Å²) in [4.78, 5) is 22.8. The lowest BCUT2D eigenvalue weighted by molar-refractivity contribution is 0.417. The lowest BCUT2D eigenvalue weighted by Crippen LogP contribution is -2.19. The van der Waals surface area contributed by atoms with Gasteiger partial charge in [-0.3, -0.25) is 19.8 Å². The quantitative estimate of drug-likeness (QED) is 0.611. The van der Waals surface area contributed by atoms with Gasteiger partial charge in [0.25, 0.3) is 11.1 Å². The van der Waals surface area contributed by atoms with E-state index in [1.807, 2.05) is 0 Å². The van der Waals surface area contributed by atoms with E-state index < -0.39 is 11.1 Å². The number of nitrogens with one attached hydrogen (secondary N) is 2. The number of hydrogen-bond donors (Lipinski definition) is 3. The van der Waals surface area contributed by atoms with Crippen molar-refractivity contribution in [1.29, 1.82) is 0 Å². The molecule has 0 aliphatic rings. The molecule has 1 aromatic heterocycles. The minimum Gasteiger partial charge on any atom is -0.507 e. The smallest absolute Gasteiger partial charge is 0.274 e. The maximum absolute atomic E-state index is 11.4. The monoisotopic (exact) mass is 208 g/mol. The van der Waals surface area contributed by atoms with Crippen molar-refractivity contribution < 1.29 is 9.84 Å². The molecule has 15 heavy (non-hydrogen) atoms. The Balaban J connectivity index is 3.13. The van der Waals surface area contributed by atoms with Crippen molar-refractivity contribution in [1.82, 2.24) is 10.2 Å². The van der Waals surface area contributed by atoms with Crippen LogP contribution in [0.2, 0.25) is 0 Å². The van der Waals surface area contributed by atoms with Gasteiger partial charge in [-0.2, -0.15) is 0 Å². The van der Waals surface area contributed by atoms with Gasteiger partial charge in [0, 0.05) is 0 Å². The Morgan fingerprint density at radius 3 is 2.33 bits per heavy atom. The molecule has 78 valence electrons. The molecule has 2 rings (SSSR count). The molecule has 0 aliphatic carbocycles. The highest BCUT2D eigenvalue weighted by atomic mass is 16.5. The zero-order valence-electron chi connectivity index (χ0n) is 7.83. The average Bonchev–Trinajstić information content (AvgIpc) is 2.23. The topological polar surface area (TPSA) is 95.2 Å². The van der Waals surface area contributed by atoms with Crippen molar-refractivity contribution in [2.75, 3.05) is 7.11 Å². The fourth-order valence-electron chi connectivity index (χ4n) is 1.44. The number of H-pyrrole nitrogens is 2. The highest BCUT2D eigenvalue weighted by molar-refractivity contribution is 5.91. The Labute approximate surface area is 83.1 Å². The van der Waals surface area contributed by atoms with Crippen LogP contribution in [0.25, 0.3) is 10.8 Å². The summed E-state index contributed by atoms with van der Waals surface area (Å²) in [5, 5.41) is 13.7. The highest BCUT2D eigenvalue weighted by Gasteiger charge is 2.12. The molecular formula is C9H8N2O4. The molecule has 0 saturated carbocycles. The van der Waals surface area contributed by atoms with Crippen molar-refractivity contribution in [3.8, 4) is 11.5 Å². The van der Waals surface area contributed by atoms with E-state index in [4.69, 9.17) is 4.74 Å². The Hall–Kier alpha value is -2.24. The Morgan fingerprint density at radius 1 is 1.13 bits per heavy atom. The molecule has 0 bridgehead atoms. The first-order chi connectivity index (χ1) is 7.15. The number of benzene rings is 1. The largest absolute Gasteiger partial charge is 0.507 e. The molecule has 0 amide bonds. The number of aromatic nitrogens is 2. The summed E-state index contributed by atoms with van der Waals surface area (Å²) in [6.07, 6.45) is 0. The predicted octanol–water partition coefficient (Wildman–Crippen LogP) is -0.0694. The number of methoxy groups -OCH3 is 1. The summed E-state index contributed by atoms with van der Waals surface area (Å²) in [7, 11) is 1.38. The molecule has 6 heteroatoms. The number of ether oxygens (including phenoxy) is 1. The van der Waals surface area contributed by atoms with E-state index in [-0.39, 0.29) is 22.3 Å². The van der Waals surface area contributed by atoms with Gasteiger partial charge in [-0.25, -0.2) is 0 Å². The second kappa shape index (κ2) is 3.16. The van der Waals surface area contributed by atoms with E-state index in [2.05, 4.69) is 10.2 Å². The first-order valence-electron chi connectivity index (χ1n) is 4.15. The van der Waals surface area contributed by atoms with Crippen molar-refractivity contribution in [3.05, 3.63) is 32.8 Å². The van der Waals surface area contributed by atoms with Gasteiger partial charge in [-0.15, -0.1) is 0 Å². The molecule has 0 atom stereocenters. The molecule has 1 heterocycles. The molecule has 0 radical (unpaired) electrons. The van der Waals surface area contributed by atoms with E-state index in [0.29, 0.717) is 0 Å². The van der Waals surface area contributed by atoms with E-state index in [1.54, 1.807) is 0 Å². The van der Waals surface area contributed by atoms with Crippen LogP contribution in [0.4, 0.5) is 0 Å². The third-order valence-electron chi connectivity index (χ3n) is 2.11. The first-order valence-corrected chi connectivity index (χ1v) is 4.15. The number of rotatable bonds is 1. The molecule has 2 aromatic rings. The summed E-state index contributed by atoms with van der Waals surface area (Å²) in [6.45, 7) is 0. The fourth-order valence-corrected chi connectivity index (χ4v) is 1.44. The molecule has 0 spiro atoms. The van der Waals surface area contributed by atoms with Crippen molar-refractivity contribution in [3.63, 3.8) is 0 Å². The Kier molecular flexibility index (Phi) is 1.96. The lowest BCUT2D eigenvalue weighted by atomic mass is 10.1. The molecule has 0 unspecified atom stereocenters. The summed E-state index contributed by atoms with van der Waals surface area (Å²) in [5.74, 6) is -0.00620. The minimum absolute atomic E-state index is 0.0428. The summed E-state index contributed by atoms with van der Waals surface area (Å²) < 4.78 is 4.93. The first kappa shape index (κ1) is 9.32. The van der Waals surface area contributed by atoms with Gasteiger partial charge < -0.3 is 9.84 Å². The molecular weight excluding hydrogens is 200 g/mol. The van der Waals surface area contributed by atoms with Gasteiger partial charge in [0.2, 0.25) is 0 Å². The van der Waals surface area contributed by atoms with Crippen LogP contribution in [0.5, 0.6) is 11.5 Å². The molecule has 6 nitrogen and oxygen atoms in total. The summed E-state index contributed by atoms with van der Waals surface area (Å²) >= 11 is 0.